The number of aromatic nitrogens is 1. The summed E-state index contributed by atoms with van der Waals surface area (Å²) in [6.45, 7) is 1.86. The summed E-state index contributed by atoms with van der Waals surface area (Å²) in [5.74, 6) is 0.351. The van der Waals surface area contributed by atoms with Crippen molar-refractivity contribution in [2.45, 2.75) is 6.92 Å². The third kappa shape index (κ3) is 2.41. The fourth-order valence-corrected chi connectivity index (χ4v) is 2.00. The highest BCUT2D eigenvalue weighted by Gasteiger charge is 2.11. The van der Waals surface area contributed by atoms with Gasteiger partial charge in [-0.2, -0.15) is 0 Å². The van der Waals surface area contributed by atoms with Crippen LogP contribution in [0.2, 0.25) is 0 Å². The summed E-state index contributed by atoms with van der Waals surface area (Å²) in [7, 11) is 0. The number of rotatable bonds is 2. The van der Waals surface area contributed by atoms with E-state index < -0.39 is 5.63 Å². The van der Waals surface area contributed by atoms with Gasteiger partial charge >= 0.3 is 5.63 Å². The zero-order chi connectivity index (χ0) is 14.8. The van der Waals surface area contributed by atoms with Gasteiger partial charge in [-0.25, -0.2) is 14.8 Å². The number of nitrogens with zero attached hydrogens (tertiary/aromatic N) is 2. The molecule has 0 saturated heterocycles. The Kier molecular flexibility index (Phi) is 3.23. The molecular formula is C16H12N2O3. The van der Waals surface area contributed by atoms with Gasteiger partial charge in [-0.05, 0) is 30.7 Å². The molecule has 0 aliphatic heterocycles. The molecule has 2 heterocycles. The van der Waals surface area contributed by atoms with Crippen LogP contribution in [0.5, 0.6) is 5.75 Å². The lowest BCUT2D eigenvalue weighted by atomic mass is 10.1. The molecule has 2 aromatic heterocycles. The molecule has 0 aliphatic carbocycles. The van der Waals surface area contributed by atoms with Gasteiger partial charge < -0.3 is 9.52 Å². The van der Waals surface area contributed by atoms with Gasteiger partial charge in [0.15, 0.2) is 5.82 Å². The summed E-state index contributed by atoms with van der Waals surface area (Å²) in [4.78, 5) is 20.2. The number of aromatic hydroxyl groups is 1. The second kappa shape index (κ2) is 5.20. The molecule has 0 atom stereocenters. The first-order valence-corrected chi connectivity index (χ1v) is 6.37. The lowest BCUT2D eigenvalue weighted by Crippen LogP contribution is -2.07. The van der Waals surface area contributed by atoms with Crippen molar-refractivity contribution in [2.75, 3.05) is 0 Å². The van der Waals surface area contributed by atoms with Gasteiger partial charge in [-0.15, -0.1) is 0 Å². The zero-order valence-corrected chi connectivity index (χ0v) is 11.3. The van der Waals surface area contributed by atoms with Crippen LogP contribution in [0, 0.1) is 6.92 Å². The van der Waals surface area contributed by atoms with Crippen molar-refractivity contribution in [1.82, 2.24) is 4.98 Å². The Balaban J connectivity index is 2.13. The summed E-state index contributed by atoms with van der Waals surface area (Å²) in [6.07, 6.45) is 2.89. The molecule has 3 aromatic rings. The van der Waals surface area contributed by atoms with E-state index in [0.29, 0.717) is 16.8 Å². The average molecular weight is 280 g/mol. The summed E-state index contributed by atoms with van der Waals surface area (Å²) in [5, 5.41) is 10.7. The molecule has 3 rings (SSSR count). The van der Waals surface area contributed by atoms with Crippen LogP contribution in [0.3, 0.4) is 0 Å². The van der Waals surface area contributed by atoms with E-state index in [2.05, 4.69) is 9.98 Å². The standard InChI is InChI=1S/C16H12N2O3/c1-10-5-4-8-17-15(10)18-9-12-14(19)11-6-2-3-7-13(11)21-16(12)20/h2-9,19H,1H3/b18-9+. The normalized spacial score (nSPS) is 11.3. The van der Waals surface area contributed by atoms with Crippen LogP contribution in [0.15, 0.2) is 56.8 Å². The van der Waals surface area contributed by atoms with Crippen molar-refractivity contribution in [3.05, 3.63) is 64.1 Å². The quantitative estimate of drug-likeness (QED) is 0.578. The van der Waals surface area contributed by atoms with Crippen molar-refractivity contribution in [2.24, 2.45) is 4.99 Å². The fourth-order valence-electron chi connectivity index (χ4n) is 2.00. The number of aryl methyl sites for hydroxylation is 1. The Labute approximate surface area is 120 Å². The molecule has 0 saturated carbocycles. The maximum Gasteiger partial charge on any atom is 0.348 e. The van der Waals surface area contributed by atoms with E-state index >= 15 is 0 Å². The Morgan fingerprint density at radius 3 is 2.86 bits per heavy atom. The molecule has 104 valence electrons. The minimum atomic E-state index is -0.636. The van der Waals surface area contributed by atoms with Crippen molar-refractivity contribution in [3.8, 4) is 5.75 Å². The zero-order valence-electron chi connectivity index (χ0n) is 11.3. The Morgan fingerprint density at radius 1 is 1.24 bits per heavy atom. The number of pyridine rings is 1. The molecule has 0 fully saturated rings. The Morgan fingerprint density at radius 2 is 2.05 bits per heavy atom. The number of fused-ring (bicyclic) bond motifs is 1. The molecule has 5 heteroatoms. The van der Waals surface area contributed by atoms with Gasteiger partial charge in [-0.1, -0.05) is 18.2 Å². The van der Waals surface area contributed by atoms with Crippen LogP contribution < -0.4 is 5.63 Å². The molecule has 0 bridgehead atoms. The third-order valence-corrected chi connectivity index (χ3v) is 3.12. The van der Waals surface area contributed by atoms with E-state index in [-0.39, 0.29) is 11.3 Å². The lowest BCUT2D eigenvalue weighted by molar-refractivity contribution is 0.466. The highest BCUT2D eigenvalue weighted by molar-refractivity contribution is 5.94. The predicted molar refractivity (Wildman–Crippen MR) is 80.4 cm³/mol. The number of benzene rings is 1. The van der Waals surface area contributed by atoms with Crippen molar-refractivity contribution in [3.63, 3.8) is 0 Å². The van der Waals surface area contributed by atoms with Crippen LogP contribution in [0.1, 0.15) is 11.1 Å². The second-order valence-corrected chi connectivity index (χ2v) is 4.55. The lowest BCUT2D eigenvalue weighted by Gasteiger charge is -2.02. The molecule has 1 aromatic carbocycles. The molecule has 0 aliphatic rings. The summed E-state index contributed by atoms with van der Waals surface area (Å²) in [5.41, 5.74) is 0.590. The molecule has 5 nitrogen and oxygen atoms in total. The maximum absolute atomic E-state index is 11.9. The minimum Gasteiger partial charge on any atom is -0.506 e. The molecule has 21 heavy (non-hydrogen) atoms. The van der Waals surface area contributed by atoms with Crippen molar-refractivity contribution >= 4 is 23.0 Å². The molecule has 0 amide bonds. The summed E-state index contributed by atoms with van der Waals surface area (Å²) < 4.78 is 5.17. The molecule has 1 N–H and O–H groups in total. The monoisotopic (exact) mass is 280 g/mol. The van der Waals surface area contributed by atoms with E-state index in [1.54, 1.807) is 36.5 Å². The largest absolute Gasteiger partial charge is 0.506 e. The maximum atomic E-state index is 11.9. The van der Waals surface area contributed by atoms with Gasteiger partial charge in [0.25, 0.3) is 0 Å². The van der Waals surface area contributed by atoms with Crippen LogP contribution in [-0.4, -0.2) is 16.3 Å². The number of aliphatic imine (C=N–C) groups is 1. The Hall–Kier alpha value is -2.95. The fraction of sp³-hybridized carbons (Fsp3) is 0.0625. The van der Waals surface area contributed by atoms with Gasteiger partial charge in [0.2, 0.25) is 0 Å². The SMILES string of the molecule is Cc1cccnc1/N=C/c1c(O)c2ccccc2oc1=O. The van der Waals surface area contributed by atoms with Gasteiger partial charge in [0, 0.05) is 12.4 Å². The highest BCUT2D eigenvalue weighted by atomic mass is 16.4. The first-order valence-electron chi connectivity index (χ1n) is 6.37. The van der Waals surface area contributed by atoms with Gasteiger partial charge in [0.1, 0.15) is 16.9 Å². The number of hydrogen-bond acceptors (Lipinski definition) is 5. The first-order chi connectivity index (χ1) is 10.2. The molecule has 0 unspecified atom stereocenters. The van der Waals surface area contributed by atoms with E-state index in [4.69, 9.17) is 4.42 Å². The molecule has 0 radical (unpaired) electrons. The van der Waals surface area contributed by atoms with E-state index in [1.807, 2.05) is 13.0 Å². The van der Waals surface area contributed by atoms with Crippen molar-refractivity contribution in [1.29, 1.82) is 0 Å². The predicted octanol–water partition coefficient (Wildman–Crippen LogP) is 2.95. The number of hydrogen-bond donors (Lipinski definition) is 1. The summed E-state index contributed by atoms with van der Waals surface area (Å²) >= 11 is 0. The minimum absolute atomic E-state index is 0.0127. The highest BCUT2D eigenvalue weighted by Crippen LogP contribution is 2.25. The number of para-hydroxylation sites is 1. The third-order valence-electron chi connectivity index (χ3n) is 3.12. The smallest absolute Gasteiger partial charge is 0.348 e. The van der Waals surface area contributed by atoms with Gasteiger partial charge in [-0.3, -0.25) is 0 Å². The van der Waals surface area contributed by atoms with Crippen molar-refractivity contribution < 1.29 is 9.52 Å². The first kappa shape index (κ1) is 13.1. The van der Waals surface area contributed by atoms with Crippen LogP contribution in [-0.2, 0) is 0 Å². The topological polar surface area (TPSA) is 75.7 Å². The van der Waals surface area contributed by atoms with Crippen LogP contribution >= 0.6 is 0 Å². The second-order valence-electron chi connectivity index (χ2n) is 4.55. The van der Waals surface area contributed by atoms with E-state index in [9.17, 15) is 9.90 Å². The summed E-state index contributed by atoms with van der Waals surface area (Å²) in [6, 6.07) is 10.5. The van der Waals surface area contributed by atoms with E-state index in [1.165, 1.54) is 6.21 Å². The average Bonchev–Trinajstić information content (AvgIpc) is 2.49. The van der Waals surface area contributed by atoms with Crippen LogP contribution in [0.4, 0.5) is 5.82 Å². The molecular weight excluding hydrogens is 268 g/mol. The van der Waals surface area contributed by atoms with E-state index in [0.717, 1.165) is 5.56 Å². The Bertz CT molecular complexity index is 897. The van der Waals surface area contributed by atoms with Gasteiger partial charge in [0.05, 0.1) is 5.39 Å². The molecule has 0 spiro atoms. The van der Waals surface area contributed by atoms with Crippen LogP contribution in [0.25, 0.3) is 11.0 Å².